The van der Waals surface area contributed by atoms with Crippen molar-refractivity contribution in [3.63, 3.8) is 0 Å². The van der Waals surface area contributed by atoms with Crippen LogP contribution in [0.5, 0.6) is 0 Å². The van der Waals surface area contributed by atoms with Gasteiger partial charge in [-0.05, 0) is 44.7 Å². The molecule has 7 heteroatoms. The van der Waals surface area contributed by atoms with Gasteiger partial charge in [0.1, 0.15) is 11.3 Å². The zero-order valence-electron chi connectivity index (χ0n) is 14.6. The molecule has 1 aliphatic rings. The lowest BCUT2D eigenvalue weighted by Crippen LogP contribution is -2.38. The molecule has 1 heterocycles. The summed E-state index contributed by atoms with van der Waals surface area (Å²) >= 11 is 0. The van der Waals surface area contributed by atoms with Crippen LogP contribution in [-0.4, -0.2) is 42.7 Å². The highest BCUT2D eigenvalue weighted by Crippen LogP contribution is 2.34. The number of rotatable bonds is 3. The topological polar surface area (TPSA) is 94.7 Å². The van der Waals surface area contributed by atoms with Gasteiger partial charge in [-0.1, -0.05) is 0 Å². The van der Waals surface area contributed by atoms with Crippen LogP contribution in [0.2, 0.25) is 0 Å². The van der Waals surface area contributed by atoms with E-state index in [1.807, 2.05) is 0 Å². The zero-order valence-corrected chi connectivity index (χ0v) is 14.6. The van der Waals surface area contributed by atoms with Gasteiger partial charge in [0.2, 0.25) is 0 Å². The Hall–Kier alpha value is -2.31. The molecule has 2 unspecified atom stereocenters. The summed E-state index contributed by atoms with van der Waals surface area (Å²) < 4.78 is 15.0. The average molecular weight is 337 g/mol. The number of fused-ring (bicyclic) bond motifs is 1. The van der Waals surface area contributed by atoms with E-state index in [0.29, 0.717) is 17.7 Å². The molecular formula is C17H23NO6. The Bertz CT molecular complexity index is 655. The minimum Gasteiger partial charge on any atom is -0.469 e. The Morgan fingerprint density at radius 1 is 1.04 bits per heavy atom. The van der Waals surface area contributed by atoms with Crippen molar-refractivity contribution in [1.82, 2.24) is 4.98 Å². The summed E-state index contributed by atoms with van der Waals surface area (Å²) in [5, 5.41) is 0. The number of nitrogens with one attached hydrogen (secondary N) is 1. The summed E-state index contributed by atoms with van der Waals surface area (Å²) in [7, 11) is 2.56. The van der Waals surface area contributed by atoms with Crippen molar-refractivity contribution < 1.29 is 28.6 Å². The number of ether oxygens (including phenoxy) is 3. The third-order valence-electron chi connectivity index (χ3n) is 4.04. The number of methoxy groups -OCH3 is 2. The van der Waals surface area contributed by atoms with Crippen LogP contribution in [0.25, 0.3) is 0 Å². The van der Waals surface area contributed by atoms with Crippen LogP contribution in [0.15, 0.2) is 6.20 Å². The molecule has 0 saturated heterocycles. The minimum atomic E-state index is -0.688. The first-order valence-corrected chi connectivity index (χ1v) is 7.76. The summed E-state index contributed by atoms with van der Waals surface area (Å²) in [5.41, 5.74) is 1.20. The van der Waals surface area contributed by atoms with E-state index in [4.69, 9.17) is 14.2 Å². The number of carbonyl (C=O) groups excluding carboxylic acids is 3. The van der Waals surface area contributed by atoms with Crippen LogP contribution in [-0.2, 0) is 36.6 Å². The zero-order chi connectivity index (χ0) is 18.1. The molecule has 0 radical (unpaired) electrons. The maximum Gasteiger partial charge on any atom is 0.355 e. The number of hydrogen-bond acceptors (Lipinski definition) is 6. The summed E-state index contributed by atoms with van der Waals surface area (Å²) in [6, 6.07) is 0. The largest absolute Gasteiger partial charge is 0.469 e. The van der Waals surface area contributed by atoms with Gasteiger partial charge in [0.25, 0.3) is 0 Å². The lowest BCUT2D eigenvalue weighted by atomic mass is 9.76. The molecule has 0 aromatic carbocycles. The number of esters is 3. The normalized spacial score (nSPS) is 20.0. The van der Waals surface area contributed by atoms with Crippen molar-refractivity contribution in [1.29, 1.82) is 0 Å². The maximum atomic E-state index is 12.3. The molecule has 1 aliphatic carbocycles. The number of H-pyrrole nitrogens is 1. The number of aromatic amines is 1. The van der Waals surface area contributed by atoms with Crippen LogP contribution in [0.4, 0.5) is 0 Å². The highest BCUT2D eigenvalue weighted by atomic mass is 16.6. The highest BCUT2D eigenvalue weighted by Gasteiger charge is 2.41. The Balaban J connectivity index is 2.35. The fourth-order valence-corrected chi connectivity index (χ4v) is 2.96. The van der Waals surface area contributed by atoms with Crippen LogP contribution < -0.4 is 0 Å². The molecule has 1 aromatic rings. The lowest BCUT2D eigenvalue weighted by molar-refractivity contribution is -0.158. The van der Waals surface area contributed by atoms with Crippen molar-refractivity contribution in [2.45, 2.75) is 39.2 Å². The molecular weight excluding hydrogens is 314 g/mol. The molecule has 2 atom stereocenters. The van der Waals surface area contributed by atoms with E-state index in [0.717, 1.165) is 5.56 Å². The van der Waals surface area contributed by atoms with E-state index < -0.39 is 35.3 Å². The van der Waals surface area contributed by atoms with Crippen LogP contribution >= 0.6 is 0 Å². The highest BCUT2D eigenvalue weighted by molar-refractivity contribution is 5.91. The first kappa shape index (κ1) is 18.0. The van der Waals surface area contributed by atoms with Gasteiger partial charge in [0, 0.05) is 6.20 Å². The van der Waals surface area contributed by atoms with Gasteiger partial charge in [0.15, 0.2) is 0 Å². The van der Waals surface area contributed by atoms with E-state index in [9.17, 15) is 14.4 Å². The van der Waals surface area contributed by atoms with Crippen molar-refractivity contribution in [2.75, 3.05) is 14.2 Å². The van der Waals surface area contributed by atoms with Crippen LogP contribution in [0, 0.1) is 11.8 Å². The molecule has 0 saturated carbocycles. The molecule has 24 heavy (non-hydrogen) atoms. The number of carbonyl (C=O) groups is 3. The van der Waals surface area contributed by atoms with Crippen molar-refractivity contribution in [2.24, 2.45) is 11.8 Å². The predicted molar refractivity (Wildman–Crippen MR) is 84.4 cm³/mol. The fourth-order valence-electron chi connectivity index (χ4n) is 2.96. The van der Waals surface area contributed by atoms with E-state index in [1.54, 1.807) is 27.0 Å². The van der Waals surface area contributed by atoms with E-state index in [2.05, 4.69) is 4.98 Å². The summed E-state index contributed by atoms with van der Waals surface area (Å²) in [6.07, 6.45) is 2.21. The monoisotopic (exact) mass is 337 g/mol. The smallest absolute Gasteiger partial charge is 0.355 e. The molecule has 2 rings (SSSR count). The van der Waals surface area contributed by atoms with Gasteiger partial charge in [0.05, 0.1) is 26.1 Å². The Kier molecular flexibility index (Phi) is 5.01. The molecule has 1 N–H and O–H groups in total. The molecule has 1 aromatic heterocycles. The molecule has 132 valence electrons. The number of hydrogen-bond donors (Lipinski definition) is 1. The second-order valence-electron chi connectivity index (χ2n) is 6.84. The predicted octanol–water partition coefficient (Wildman–Crippen LogP) is 1.65. The van der Waals surface area contributed by atoms with Gasteiger partial charge < -0.3 is 19.2 Å². The van der Waals surface area contributed by atoms with Crippen molar-refractivity contribution in [3.8, 4) is 0 Å². The Labute approximate surface area is 140 Å². The van der Waals surface area contributed by atoms with Gasteiger partial charge in [-0.3, -0.25) is 9.59 Å². The Morgan fingerprint density at radius 3 is 2.08 bits per heavy atom. The van der Waals surface area contributed by atoms with Gasteiger partial charge in [-0.2, -0.15) is 0 Å². The summed E-state index contributed by atoms with van der Waals surface area (Å²) in [5.74, 6) is -2.75. The first-order chi connectivity index (χ1) is 11.2. The van der Waals surface area contributed by atoms with Gasteiger partial charge in [-0.15, -0.1) is 0 Å². The van der Waals surface area contributed by atoms with Crippen molar-refractivity contribution >= 4 is 17.9 Å². The van der Waals surface area contributed by atoms with Gasteiger partial charge in [-0.25, -0.2) is 4.79 Å². The second-order valence-corrected chi connectivity index (χ2v) is 6.84. The standard InChI is InChI=1S/C17H23NO6/c1-17(2,3)24-16(21)13-10-7-12(15(20)23-5)11(14(19)22-4)6-9(10)8-18-13/h8,11-12,18H,6-7H2,1-5H3. The molecule has 0 spiro atoms. The third kappa shape index (κ3) is 3.60. The third-order valence-corrected chi connectivity index (χ3v) is 4.04. The van der Waals surface area contributed by atoms with E-state index >= 15 is 0 Å². The van der Waals surface area contributed by atoms with E-state index in [-0.39, 0.29) is 6.42 Å². The quantitative estimate of drug-likeness (QED) is 0.666. The summed E-state index contributed by atoms with van der Waals surface area (Å²) in [4.78, 5) is 39.4. The minimum absolute atomic E-state index is 0.222. The molecule has 0 fully saturated rings. The van der Waals surface area contributed by atoms with Crippen molar-refractivity contribution in [3.05, 3.63) is 23.0 Å². The number of aromatic nitrogens is 1. The van der Waals surface area contributed by atoms with Gasteiger partial charge >= 0.3 is 17.9 Å². The molecule has 0 amide bonds. The molecule has 7 nitrogen and oxygen atoms in total. The second kappa shape index (κ2) is 6.67. The van der Waals surface area contributed by atoms with E-state index in [1.165, 1.54) is 14.2 Å². The molecule has 0 bridgehead atoms. The lowest BCUT2D eigenvalue weighted by Gasteiger charge is -2.28. The first-order valence-electron chi connectivity index (χ1n) is 7.76. The molecule has 0 aliphatic heterocycles. The van der Waals surface area contributed by atoms with Crippen LogP contribution in [0.3, 0.4) is 0 Å². The SMILES string of the molecule is COC(=O)C1Cc2c[nH]c(C(=O)OC(C)(C)C)c2CC1C(=O)OC. The van der Waals surface area contributed by atoms with Crippen LogP contribution in [0.1, 0.15) is 42.4 Å². The maximum absolute atomic E-state index is 12.3. The fraction of sp³-hybridized carbons (Fsp3) is 0.588. The summed E-state index contributed by atoms with van der Waals surface area (Å²) in [6.45, 7) is 5.35. The Morgan fingerprint density at radius 2 is 1.58 bits per heavy atom. The average Bonchev–Trinajstić information content (AvgIpc) is 2.93.